The number of halogens is 5. The Kier molecular flexibility index (Phi) is 9.34. The molecule has 1 amide bonds. The maximum Gasteiger partial charge on any atom is 0.417 e. The quantitative estimate of drug-likeness (QED) is 0.252. The molecule has 0 spiro atoms. The van der Waals surface area contributed by atoms with Gasteiger partial charge in [-0.3, -0.25) is 4.57 Å². The topological polar surface area (TPSA) is 86.1 Å². The number of amides is 1. The molecule has 0 aliphatic carbocycles. The molecule has 5 rings (SSSR count). The molecular weight excluding hydrogens is 623 g/mol. The number of anilines is 1. The summed E-state index contributed by atoms with van der Waals surface area (Å²) >= 11 is 1.00. The lowest BCUT2D eigenvalue weighted by Gasteiger charge is -2.36. The molecule has 2 aliphatic rings. The summed E-state index contributed by atoms with van der Waals surface area (Å²) in [6.45, 7) is 6.36. The van der Waals surface area contributed by atoms with Crippen LogP contribution < -0.4 is 10.6 Å². The fourth-order valence-corrected chi connectivity index (χ4v) is 6.66. The van der Waals surface area contributed by atoms with E-state index in [0.717, 1.165) is 30.0 Å². The molecule has 244 valence electrons. The summed E-state index contributed by atoms with van der Waals surface area (Å²) in [4.78, 5) is 33.6. The largest absolute Gasteiger partial charge is 0.444 e. The number of hydrogen-bond donors (Lipinski definition) is 0. The van der Waals surface area contributed by atoms with Gasteiger partial charge in [-0.2, -0.15) is 18.2 Å². The Balaban J connectivity index is 1.68. The molecule has 1 fully saturated rings. The van der Waals surface area contributed by atoms with Crippen LogP contribution in [-0.4, -0.2) is 84.5 Å². The van der Waals surface area contributed by atoms with Crippen molar-refractivity contribution in [3.8, 4) is 11.1 Å². The highest BCUT2D eigenvalue weighted by molar-refractivity contribution is 7.99. The molecule has 2 aromatic carbocycles. The molecular formula is C30H33F5N4O5S. The zero-order valence-electron chi connectivity index (χ0n) is 25.2. The summed E-state index contributed by atoms with van der Waals surface area (Å²) in [5.41, 5.74) is -3.37. The van der Waals surface area contributed by atoms with Crippen molar-refractivity contribution in [2.45, 2.75) is 50.1 Å². The number of carbonyl (C=O) groups excluding carboxylic acids is 1. The molecule has 0 radical (unpaired) electrons. The molecule has 1 saturated heterocycles. The Bertz CT molecular complexity index is 1650. The fraction of sp³-hybridized carbons (Fsp3) is 0.500. The number of alkyl halides is 3. The van der Waals surface area contributed by atoms with E-state index >= 15 is 4.39 Å². The standard InChI is InChI=1S/C30H33F5N4O5S/c1-29(2,3)44-28(41)38-9-7-37(8-10-38)26-20-14-21(30(33,34)35)23(19-6-5-17(31)13-22(19)32)25-24(20)39(27(40)36-26)15-18(16-45-25)43-12-11-42-4/h5-6,13-14,18H,7-12,15-16H2,1-4H3. The minimum Gasteiger partial charge on any atom is -0.444 e. The minimum absolute atomic E-state index is 0.0105. The number of methoxy groups -OCH3 is 1. The molecule has 0 bridgehead atoms. The van der Waals surface area contributed by atoms with Gasteiger partial charge < -0.3 is 24.0 Å². The van der Waals surface area contributed by atoms with Crippen LogP contribution in [0.2, 0.25) is 0 Å². The zero-order chi connectivity index (χ0) is 32.7. The summed E-state index contributed by atoms with van der Waals surface area (Å²) in [5, 5.41) is 0.0407. The molecule has 0 saturated carbocycles. The second-order valence-corrected chi connectivity index (χ2v) is 12.8. The van der Waals surface area contributed by atoms with E-state index in [1.165, 1.54) is 16.6 Å². The molecule has 3 heterocycles. The third-order valence-corrected chi connectivity index (χ3v) is 8.60. The van der Waals surface area contributed by atoms with Gasteiger partial charge in [0.25, 0.3) is 0 Å². The minimum atomic E-state index is -4.95. The average molecular weight is 657 g/mol. The molecule has 45 heavy (non-hydrogen) atoms. The van der Waals surface area contributed by atoms with E-state index in [4.69, 9.17) is 14.2 Å². The number of hydrogen-bond acceptors (Lipinski definition) is 8. The fourth-order valence-electron chi connectivity index (χ4n) is 5.39. The third-order valence-electron chi connectivity index (χ3n) is 7.38. The molecule has 15 heteroatoms. The predicted octanol–water partition coefficient (Wildman–Crippen LogP) is 5.55. The van der Waals surface area contributed by atoms with Gasteiger partial charge in [0.1, 0.15) is 23.1 Å². The summed E-state index contributed by atoms with van der Waals surface area (Å²) in [7, 11) is 1.49. The molecule has 3 aromatic rings. The van der Waals surface area contributed by atoms with Crippen molar-refractivity contribution in [1.29, 1.82) is 0 Å². The van der Waals surface area contributed by atoms with Crippen molar-refractivity contribution < 1.29 is 41.0 Å². The second kappa shape index (κ2) is 12.8. The smallest absolute Gasteiger partial charge is 0.417 e. The molecule has 1 unspecified atom stereocenters. The van der Waals surface area contributed by atoms with E-state index in [1.807, 2.05) is 0 Å². The van der Waals surface area contributed by atoms with E-state index in [-0.39, 0.29) is 73.3 Å². The first-order chi connectivity index (χ1) is 21.2. The second-order valence-electron chi connectivity index (χ2n) is 11.7. The first-order valence-electron chi connectivity index (χ1n) is 14.3. The number of nitrogens with zero attached hydrogens (tertiary/aromatic N) is 4. The van der Waals surface area contributed by atoms with E-state index in [0.29, 0.717) is 6.07 Å². The van der Waals surface area contributed by atoms with Crippen molar-refractivity contribution in [2.24, 2.45) is 0 Å². The first kappa shape index (κ1) is 32.9. The molecule has 1 aromatic heterocycles. The van der Waals surface area contributed by atoms with E-state index in [9.17, 15) is 27.2 Å². The van der Waals surface area contributed by atoms with Gasteiger partial charge in [-0.05, 0) is 39.0 Å². The van der Waals surface area contributed by atoms with Crippen LogP contribution in [0.15, 0.2) is 34.0 Å². The Morgan fingerprint density at radius 2 is 1.78 bits per heavy atom. The summed E-state index contributed by atoms with van der Waals surface area (Å²) in [6.07, 6.45) is -6.08. The van der Waals surface area contributed by atoms with E-state index < -0.39 is 58.0 Å². The first-order valence-corrected chi connectivity index (χ1v) is 15.3. The molecule has 0 N–H and O–H groups in total. The van der Waals surface area contributed by atoms with Crippen LogP contribution in [0.25, 0.3) is 22.0 Å². The van der Waals surface area contributed by atoms with Gasteiger partial charge in [0, 0.05) is 66.5 Å². The van der Waals surface area contributed by atoms with Crippen molar-refractivity contribution >= 4 is 34.6 Å². The number of benzene rings is 2. The maximum atomic E-state index is 15.2. The van der Waals surface area contributed by atoms with Crippen molar-refractivity contribution in [1.82, 2.24) is 14.5 Å². The van der Waals surface area contributed by atoms with Crippen molar-refractivity contribution in [2.75, 3.05) is 57.2 Å². The number of thioether (sulfide) groups is 1. The van der Waals surface area contributed by atoms with Crippen molar-refractivity contribution in [3.63, 3.8) is 0 Å². The lowest BCUT2D eigenvalue weighted by atomic mass is 9.95. The SMILES string of the molecule is COCCOC1CSc2c(-c3ccc(F)cc3F)c(C(F)(F)F)cc3c(N4CCN(C(=O)OC(C)(C)C)CC4)nc(=O)n(c23)C1. The highest BCUT2D eigenvalue weighted by Gasteiger charge is 2.39. The summed E-state index contributed by atoms with van der Waals surface area (Å²) in [6, 6.07) is 3.26. The Morgan fingerprint density at radius 3 is 2.40 bits per heavy atom. The van der Waals surface area contributed by atoms with Gasteiger partial charge in [-0.15, -0.1) is 11.8 Å². The number of ether oxygens (including phenoxy) is 3. The van der Waals surface area contributed by atoms with Crippen LogP contribution >= 0.6 is 11.8 Å². The lowest BCUT2D eigenvalue weighted by Crippen LogP contribution is -2.50. The van der Waals surface area contributed by atoms with Crippen molar-refractivity contribution in [3.05, 3.63) is 51.9 Å². The Labute approximate surface area is 260 Å². The van der Waals surface area contributed by atoms with Gasteiger partial charge in [-0.1, -0.05) is 0 Å². The van der Waals surface area contributed by atoms with Crippen LogP contribution in [0.3, 0.4) is 0 Å². The maximum absolute atomic E-state index is 15.2. The number of piperazine rings is 1. The van der Waals surface area contributed by atoms with Crippen LogP contribution in [0.5, 0.6) is 0 Å². The summed E-state index contributed by atoms with van der Waals surface area (Å²) in [5.74, 6) is -1.95. The summed E-state index contributed by atoms with van der Waals surface area (Å²) < 4.78 is 91.1. The third kappa shape index (κ3) is 7.04. The Hall–Kier alpha value is -3.43. The zero-order valence-corrected chi connectivity index (χ0v) is 26.0. The van der Waals surface area contributed by atoms with E-state index in [1.54, 1.807) is 25.7 Å². The molecule has 2 aliphatic heterocycles. The highest BCUT2D eigenvalue weighted by Crippen LogP contribution is 2.48. The monoisotopic (exact) mass is 656 g/mol. The van der Waals surface area contributed by atoms with Crippen LogP contribution in [0, 0.1) is 11.6 Å². The lowest BCUT2D eigenvalue weighted by molar-refractivity contribution is -0.137. The number of carbonyl (C=O) groups is 1. The molecule has 1 atom stereocenters. The van der Waals surface area contributed by atoms with E-state index in [2.05, 4.69) is 4.98 Å². The number of rotatable bonds is 6. The normalized spacial score (nSPS) is 17.5. The van der Waals surface area contributed by atoms with Gasteiger partial charge in [0.15, 0.2) is 0 Å². The predicted molar refractivity (Wildman–Crippen MR) is 159 cm³/mol. The van der Waals surface area contributed by atoms with Gasteiger partial charge in [0.05, 0.1) is 36.9 Å². The van der Waals surface area contributed by atoms with Gasteiger partial charge in [0.2, 0.25) is 0 Å². The highest BCUT2D eigenvalue weighted by atomic mass is 32.2. The van der Waals surface area contributed by atoms with Gasteiger partial charge in [-0.25, -0.2) is 18.4 Å². The van der Waals surface area contributed by atoms with Crippen LogP contribution in [0.4, 0.5) is 32.6 Å². The number of aromatic nitrogens is 2. The van der Waals surface area contributed by atoms with Crippen LogP contribution in [0.1, 0.15) is 26.3 Å². The van der Waals surface area contributed by atoms with Crippen LogP contribution in [-0.2, 0) is 26.9 Å². The Morgan fingerprint density at radius 1 is 1.07 bits per heavy atom. The molecule has 9 nitrogen and oxygen atoms in total. The average Bonchev–Trinajstić information content (AvgIpc) is 3.15. The van der Waals surface area contributed by atoms with Gasteiger partial charge >= 0.3 is 18.0 Å².